The zero-order chi connectivity index (χ0) is 12.1. The van der Waals surface area contributed by atoms with Gasteiger partial charge in [0.15, 0.2) is 0 Å². The molecule has 0 fully saturated rings. The zero-order valence-corrected chi connectivity index (χ0v) is 10.6. The van der Waals surface area contributed by atoms with E-state index in [2.05, 4.69) is 23.4 Å². The quantitative estimate of drug-likeness (QED) is 0.850. The van der Waals surface area contributed by atoms with Crippen LogP contribution in [0.1, 0.15) is 37.9 Å². The number of ether oxygens (including phenoxy) is 1. The Labute approximate surface area is 103 Å². The van der Waals surface area contributed by atoms with Gasteiger partial charge < -0.3 is 10.1 Å². The maximum atomic E-state index is 5.43. The highest BCUT2D eigenvalue weighted by molar-refractivity contribution is 5.21. The van der Waals surface area contributed by atoms with E-state index in [1.165, 1.54) is 5.57 Å². The SMILES string of the molecule is CCCNC(C1=COCCC1)c1ccn(C)n1. The van der Waals surface area contributed by atoms with Crippen LogP contribution in [-0.4, -0.2) is 22.9 Å². The summed E-state index contributed by atoms with van der Waals surface area (Å²) >= 11 is 0. The summed E-state index contributed by atoms with van der Waals surface area (Å²) in [7, 11) is 1.95. The largest absolute Gasteiger partial charge is 0.501 e. The van der Waals surface area contributed by atoms with E-state index in [1.807, 2.05) is 24.2 Å². The first kappa shape index (κ1) is 12.2. The van der Waals surface area contributed by atoms with Crippen molar-refractivity contribution in [2.24, 2.45) is 7.05 Å². The van der Waals surface area contributed by atoms with Crippen LogP contribution in [-0.2, 0) is 11.8 Å². The Balaban J connectivity index is 2.15. The molecule has 1 aromatic rings. The molecule has 1 atom stereocenters. The highest BCUT2D eigenvalue weighted by Crippen LogP contribution is 2.26. The van der Waals surface area contributed by atoms with E-state index in [4.69, 9.17) is 4.74 Å². The number of hydrogen-bond donors (Lipinski definition) is 1. The molecule has 4 nitrogen and oxygen atoms in total. The van der Waals surface area contributed by atoms with Gasteiger partial charge in [-0.15, -0.1) is 0 Å². The Morgan fingerprint density at radius 2 is 2.47 bits per heavy atom. The number of nitrogens with zero attached hydrogens (tertiary/aromatic N) is 2. The summed E-state index contributed by atoms with van der Waals surface area (Å²) in [6.07, 6.45) is 7.21. The summed E-state index contributed by atoms with van der Waals surface area (Å²) in [4.78, 5) is 0. The molecule has 0 radical (unpaired) electrons. The van der Waals surface area contributed by atoms with Crippen molar-refractivity contribution in [3.05, 3.63) is 29.8 Å². The van der Waals surface area contributed by atoms with Gasteiger partial charge >= 0.3 is 0 Å². The zero-order valence-electron chi connectivity index (χ0n) is 10.6. The van der Waals surface area contributed by atoms with Gasteiger partial charge in [0, 0.05) is 13.2 Å². The molecular weight excluding hydrogens is 214 g/mol. The lowest BCUT2D eigenvalue weighted by Crippen LogP contribution is -2.25. The minimum atomic E-state index is 0.205. The summed E-state index contributed by atoms with van der Waals surface area (Å²) in [5.41, 5.74) is 2.39. The van der Waals surface area contributed by atoms with Crippen LogP contribution in [0.15, 0.2) is 24.1 Å². The van der Waals surface area contributed by atoms with Gasteiger partial charge in [0.1, 0.15) is 0 Å². The third-order valence-corrected chi connectivity index (χ3v) is 2.96. The van der Waals surface area contributed by atoms with Crippen molar-refractivity contribution in [1.82, 2.24) is 15.1 Å². The fourth-order valence-electron chi connectivity index (χ4n) is 2.10. The highest BCUT2D eigenvalue weighted by Gasteiger charge is 2.20. The van der Waals surface area contributed by atoms with Crippen molar-refractivity contribution in [2.45, 2.75) is 32.2 Å². The van der Waals surface area contributed by atoms with E-state index >= 15 is 0 Å². The molecule has 2 rings (SSSR count). The van der Waals surface area contributed by atoms with Crippen LogP contribution in [0, 0.1) is 0 Å². The molecule has 0 aromatic carbocycles. The Morgan fingerprint density at radius 1 is 1.59 bits per heavy atom. The van der Waals surface area contributed by atoms with Gasteiger partial charge in [-0.3, -0.25) is 4.68 Å². The third kappa shape index (κ3) is 3.09. The van der Waals surface area contributed by atoms with Gasteiger partial charge in [-0.1, -0.05) is 6.92 Å². The number of aromatic nitrogens is 2. The van der Waals surface area contributed by atoms with Crippen LogP contribution in [0.3, 0.4) is 0 Å². The van der Waals surface area contributed by atoms with Gasteiger partial charge in [-0.05, 0) is 37.4 Å². The van der Waals surface area contributed by atoms with E-state index in [-0.39, 0.29) is 6.04 Å². The van der Waals surface area contributed by atoms with E-state index < -0.39 is 0 Å². The minimum absolute atomic E-state index is 0.205. The smallest absolute Gasteiger partial charge is 0.0876 e. The van der Waals surface area contributed by atoms with Gasteiger partial charge in [-0.25, -0.2) is 0 Å². The van der Waals surface area contributed by atoms with E-state index in [0.29, 0.717) is 0 Å². The van der Waals surface area contributed by atoms with E-state index in [1.54, 1.807) is 0 Å². The topological polar surface area (TPSA) is 39.1 Å². The van der Waals surface area contributed by atoms with Gasteiger partial charge in [-0.2, -0.15) is 5.10 Å². The fraction of sp³-hybridized carbons (Fsp3) is 0.615. The van der Waals surface area contributed by atoms with Gasteiger partial charge in [0.2, 0.25) is 0 Å². The van der Waals surface area contributed by atoms with Crippen LogP contribution in [0.25, 0.3) is 0 Å². The normalized spacial score (nSPS) is 17.4. The Hall–Kier alpha value is -1.29. The fourth-order valence-corrected chi connectivity index (χ4v) is 2.10. The minimum Gasteiger partial charge on any atom is -0.501 e. The molecule has 4 heteroatoms. The predicted molar refractivity (Wildman–Crippen MR) is 67.5 cm³/mol. The molecule has 0 aliphatic carbocycles. The Bertz CT molecular complexity index is 384. The summed E-state index contributed by atoms with van der Waals surface area (Å²) in [6.45, 7) is 4.01. The van der Waals surface area contributed by atoms with Crippen LogP contribution in [0.5, 0.6) is 0 Å². The first-order chi connectivity index (χ1) is 8.31. The predicted octanol–water partition coefficient (Wildman–Crippen LogP) is 2.16. The average molecular weight is 235 g/mol. The molecular formula is C13H21N3O. The van der Waals surface area contributed by atoms with Crippen molar-refractivity contribution < 1.29 is 4.74 Å². The molecule has 0 spiro atoms. The van der Waals surface area contributed by atoms with Gasteiger partial charge in [0.25, 0.3) is 0 Å². The number of nitrogens with one attached hydrogen (secondary N) is 1. The summed E-state index contributed by atoms with van der Waals surface area (Å²) < 4.78 is 7.28. The molecule has 1 unspecified atom stereocenters. The van der Waals surface area contributed by atoms with Crippen molar-refractivity contribution in [1.29, 1.82) is 0 Å². The van der Waals surface area contributed by atoms with Crippen molar-refractivity contribution in [3.8, 4) is 0 Å². The number of rotatable bonds is 5. The first-order valence-corrected chi connectivity index (χ1v) is 6.34. The standard InChI is InChI=1S/C13H21N3O/c1-3-7-14-13(11-5-4-9-17-10-11)12-6-8-16(2)15-12/h6,8,10,13-14H,3-5,7,9H2,1-2H3. The molecule has 0 saturated heterocycles. The second-order valence-corrected chi connectivity index (χ2v) is 4.47. The second-order valence-electron chi connectivity index (χ2n) is 4.47. The molecule has 94 valence electrons. The molecule has 1 aromatic heterocycles. The lowest BCUT2D eigenvalue weighted by atomic mass is 9.99. The Kier molecular flexibility index (Phi) is 4.20. The maximum absolute atomic E-state index is 5.43. The lowest BCUT2D eigenvalue weighted by Gasteiger charge is -2.22. The third-order valence-electron chi connectivity index (χ3n) is 2.96. The van der Waals surface area contributed by atoms with Crippen molar-refractivity contribution in [2.75, 3.05) is 13.2 Å². The molecule has 17 heavy (non-hydrogen) atoms. The maximum Gasteiger partial charge on any atom is 0.0876 e. The monoisotopic (exact) mass is 235 g/mol. The molecule has 1 N–H and O–H groups in total. The lowest BCUT2D eigenvalue weighted by molar-refractivity contribution is 0.219. The highest BCUT2D eigenvalue weighted by atomic mass is 16.5. The van der Waals surface area contributed by atoms with E-state index in [9.17, 15) is 0 Å². The summed E-state index contributed by atoms with van der Waals surface area (Å²) in [6, 6.07) is 2.28. The second kappa shape index (κ2) is 5.87. The Morgan fingerprint density at radius 3 is 3.06 bits per heavy atom. The van der Waals surface area contributed by atoms with Crippen LogP contribution in [0.4, 0.5) is 0 Å². The molecule has 0 amide bonds. The summed E-state index contributed by atoms with van der Waals surface area (Å²) in [5, 5.41) is 8.04. The van der Waals surface area contributed by atoms with Crippen LogP contribution in [0.2, 0.25) is 0 Å². The molecule has 0 saturated carbocycles. The number of hydrogen-bond acceptors (Lipinski definition) is 3. The molecule has 1 aliphatic heterocycles. The van der Waals surface area contributed by atoms with Crippen molar-refractivity contribution in [3.63, 3.8) is 0 Å². The molecule has 1 aliphatic rings. The van der Waals surface area contributed by atoms with Crippen LogP contribution < -0.4 is 5.32 Å². The first-order valence-electron chi connectivity index (χ1n) is 6.34. The van der Waals surface area contributed by atoms with Gasteiger partial charge in [0.05, 0.1) is 24.6 Å². The molecule has 2 heterocycles. The molecule has 0 bridgehead atoms. The summed E-state index contributed by atoms with van der Waals surface area (Å²) in [5.74, 6) is 0. The average Bonchev–Trinajstić information content (AvgIpc) is 2.78. The number of aryl methyl sites for hydroxylation is 1. The van der Waals surface area contributed by atoms with Crippen molar-refractivity contribution >= 4 is 0 Å². The van der Waals surface area contributed by atoms with E-state index in [0.717, 1.165) is 38.1 Å². The van der Waals surface area contributed by atoms with Crippen LogP contribution >= 0.6 is 0 Å².